The zero-order valence-corrected chi connectivity index (χ0v) is 11.1. The molecule has 96 valence electrons. The van der Waals surface area contributed by atoms with Gasteiger partial charge in [0.25, 0.3) is 0 Å². The summed E-state index contributed by atoms with van der Waals surface area (Å²) in [6.45, 7) is 7.85. The summed E-state index contributed by atoms with van der Waals surface area (Å²) in [5, 5.41) is 10.3. The SMILES string of the molecule is CCNC(=O)CNCc1cn(C)nc1C(C)C. The van der Waals surface area contributed by atoms with E-state index in [0.717, 1.165) is 11.3 Å². The van der Waals surface area contributed by atoms with Crippen LogP contribution in [-0.2, 0) is 18.4 Å². The van der Waals surface area contributed by atoms with E-state index < -0.39 is 0 Å². The summed E-state index contributed by atoms with van der Waals surface area (Å²) in [6, 6.07) is 0. The fraction of sp³-hybridized carbons (Fsp3) is 0.667. The van der Waals surface area contributed by atoms with E-state index in [0.29, 0.717) is 25.6 Å². The van der Waals surface area contributed by atoms with Gasteiger partial charge in [0.05, 0.1) is 12.2 Å². The van der Waals surface area contributed by atoms with Crippen LogP contribution < -0.4 is 10.6 Å². The standard InChI is InChI=1S/C12H22N4O/c1-5-14-11(17)7-13-6-10-8-16(4)15-12(10)9(2)3/h8-9,13H,5-7H2,1-4H3,(H,14,17). The molecule has 0 aliphatic rings. The van der Waals surface area contributed by atoms with Gasteiger partial charge in [-0.15, -0.1) is 0 Å². The Morgan fingerprint density at radius 1 is 1.53 bits per heavy atom. The van der Waals surface area contributed by atoms with Crippen LogP contribution in [0.5, 0.6) is 0 Å². The van der Waals surface area contributed by atoms with Gasteiger partial charge in [-0.25, -0.2) is 0 Å². The third-order valence-electron chi connectivity index (χ3n) is 2.46. The summed E-state index contributed by atoms with van der Waals surface area (Å²) in [5.41, 5.74) is 2.25. The Morgan fingerprint density at radius 3 is 2.82 bits per heavy atom. The first kappa shape index (κ1) is 13.7. The monoisotopic (exact) mass is 238 g/mol. The normalized spacial score (nSPS) is 10.9. The van der Waals surface area contributed by atoms with Crippen molar-refractivity contribution < 1.29 is 4.79 Å². The second kappa shape index (κ2) is 6.39. The minimum absolute atomic E-state index is 0.0301. The highest BCUT2D eigenvalue weighted by atomic mass is 16.1. The van der Waals surface area contributed by atoms with Crippen molar-refractivity contribution in [2.75, 3.05) is 13.1 Å². The third kappa shape index (κ3) is 4.19. The predicted molar refractivity (Wildman–Crippen MR) is 67.7 cm³/mol. The number of hydrogen-bond donors (Lipinski definition) is 2. The molecule has 17 heavy (non-hydrogen) atoms. The fourth-order valence-electron chi connectivity index (χ4n) is 1.75. The van der Waals surface area contributed by atoms with Crippen LogP contribution in [0.2, 0.25) is 0 Å². The number of rotatable bonds is 6. The van der Waals surface area contributed by atoms with Crippen LogP contribution in [0.1, 0.15) is 37.9 Å². The van der Waals surface area contributed by atoms with Gasteiger partial charge in [-0.2, -0.15) is 5.10 Å². The van der Waals surface area contributed by atoms with Crippen LogP contribution in [0.4, 0.5) is 0 Å². The van der Waals surface area contributed by atoms with E-state index >= 15 is 0 Å². The largest absolute Gasteiger partial charge is 0.355 e. The number of hydrogen-bond acceptors (Lipinski definition) is 3. The lowest BCUT2D eigenvalue weighted by Crippen LogP contribution is -2.33. The van der Waals surface area contributed by atoms with Crippen LogP contribution in [0, 0.1) is 0 Å². The first-order valence-electron chi connectivity index (χ1n) is 6.04. The van der Waals surface area contributed by atoms with Crippen molar-refractivity contribution in [3.8, 4) is 0 Å². The van der Waals surface area contributed by atoms with Gasteiger partial charge in [0.15, 0.2) is 0 Å². The van der Waals surface area contributed by atoms with E-state index in [-0.39, 0.29) is 5.91 Å². The summed E-state index contributed by atoms with van der Waals surface area (Å²) in [5.74, 6) is 0.431. The molecule has 0 aliphatic carbocycles. The van der Waals surface area contributed by atoms with Gasteiger partial charge in [-0.1, -0.05) is 13.8 Å². The fourth-order valence-corrected chi connectivity index (χ4v) is 1.75. The van der Waals surface area contributed by atoms with Crippen LogP contribution in [0.25, 0.3) is 0 Å². The number of aryl methyl sites for hydroxylation is 1. The van der Waals surface area contributed by atoms with Crippen LogP contribution in [-0.4, -0.2) is 28.8 Å². The minimum Gasteiger partial charge on any atom is -0.355 e. The highest BCUT2D eigenvalue weighted by molar-refractivity contribution is 5.77. The molecule has 0 bridgehead atoms. The van der Waals surface area contributed by atoms with E-state index in [1.807, 2.05) is 24.9 Å². The third-order valence-corrected chi connectivity index (χ3v) is 2.46. The summed E-state index contributed by atoms with van der Waals surface area (Å²) >= 11 is 0. The lowest BCUT2D eigenvalue weighted by Gasteiger charge is -2.06. The minimum atomic E-state index is 0.0301. The van der Waals surface area contributed by atoms with Gasteiger partial charge in [0, 0.05) is 31.9 Å². The van der Waals surface area contributed by atoms with Gasteiger partial charge in [0.2, 0.25) is 5.91 Å². The van der Waals surface area contributed by atoms with Gasteiger partial charge in [-0.3, -0.25) is 9.48 Å². The van der Waals surface area contributed by atoms with E-state index in [9.17, 15) is 4.79 Å². The second-order valence-corrected chi connectivity index (χ2v) is 4.43. The number of carbonyl (C=O) groups is 1. The molecule has 2 N–H and O–H groups in total. The number of amides is 1. The lowest BCUT2D eigenvalue weighted by atomic mass is 10.1. The summed E-state index contributed by atoms with van der Waals surface area (Å²) < 4.78 is 1.82. The van der Waals surface area contributed by atoms with Crippen molar-refractivity contribution in [1.29, 1.82) is 0 Å². The number of nitrogens with zero attached hydrogens (tertiary/aromatic N) is 2. The summed E-state index contributed by atoms with van der Waals surface area (Å²) in [4.78, 5) is 11.3. The number of likely N-dealkylation sites (N-methyl/N-ethyl adjacent to an activating group) is 1. The average molecular weight is 238 g/mol. The first-order valence-corrected chi connectivity index (χ1v) is 6.04. The van der Waals surface area contributed by atoms with Gasteiger partial charge < -0.3 is 10.6 Å². The van der Waals surface area contributed by atoms with Crippen molar-refractivity contribution in [3.05, 3.63) is 17.5 Å². The molecule has 5 heteroatoms. The Labute approximate surface area is 103 Å². The van der Waals surface area contributed by atoms with Crippen molar-refractivity contribution in [2.24, 2.45) is 7.05 Å². The summed E-state index contributed by atoms with van der Waals surface area (Å²) in [6.07, 6.45) is 2.00. The van der Waals surface area contributed by atoms with E-state index in [1.54, 1.807) is 0 Å². The molecule has 1 amide bonds. The predicted octanol–water partition coefficient (Wildman–Crippen LogP) is 0.769. The topological polar surface area (TPSA) is 59.0 Å². The van der Waals surface area contributed by atoms with Crippen molar-refractivity contribution in [2.45, 2.75) is 33.2 Å². The maximum atomic E-state index is 11.3. The molecule has 1 aromatic rings. The van der Waals surface area contributed by atoms with E-state index in [1.165, 1.54) is 0 Å². The molecule has 0 saturated heterocycles. The average Bonchev–Trinajstić information content (AvgIpc) is 2.60. The zero-order valence-electron chi connectivity index (χ0n) is 11.1. The molecule has 0 aromatic carbocycles. The summed E-state index contributed by atoms with van der Waals surface area (Å²) in [7, 11) is 1.92. The molecule has 0 aliphatic heterocycles. The quantitative estimate of drug-likeness (QED) is 0.769. The van der Waals surface area contributed by atoms with Gasteiger partial charge in [-0.05, 0) is 12.8 Å². The maximum absolute atomic E-state index is 11.3. The first-order chi connectivity index (χ1) is 8.04. The smallest absolute Gasteiger partial charge is 0.233 e. The molecule has 1 rings (SSSR count). The van der Waals surface area contributed by atoms with Crippen LogP contribution in [0.3, 0.4) is 0 Å². The van der Waals surface area contributed by atoms with Crippen molar-refractivity contribution >= 4 is 5.91 Å². The Balaban J connectivity index is 2.48. The molecular formula is C12H22N4O. The molecule has 0 atom stereocenters. The maximum Gasteiger partial charge on any atom is 0.233 e. The Hall–Kier alpha value is -1.36. The Bertz CT molecular complexity index is 371. The molecule has 0 spiro atoms. The van der Waals surface area contributed by atoms with Crippen LogP contribution in [0.15, 0.2) is 6.20 Å². The van der Waals surface area contributed by atoms with Crippen LogP contribution >= 0.6 is 0 Å². The molecule has 0 unspecified atom stereocenters. The molecule has 0 saturated carbocycles. The van der Waals surface area contributed by atoms with E-state index in [4.69, 9.17) is 0 Å². The number of carbonyl (C=O) groups excluding carboxylic acids is 1. The van der Waals surface area contributed by atoms with Gasteiger partial charge >= 0.3 is 0 Å². The van der Waals surface area contributed by atoms with Crippen molar-refractivity contribution in [1.82, 2.24) is 20.4 Å². The molecular weight excluding hydrogens is 216 g/mol. The highest BCUT2D eigenvalue weighted by Crippen LogP contribution is 2.16. The molecule has 0 fully saturated rings. The molecule has 5 nitrogen and oxygen atoms in total. The zero-order chi connectivity index (χ0) is 12.8. The highest BCUT2D eigenvalue weighted by Gasteiger charge is 2.11. The molecule has 1 heterocycles. The lowest BCUT2D eigenvalue weighted by molar-refractivity contribution is -0.120. The molecule has 1 aromatic heterocycles. The number of aromatic nitrogens is 2. The second-order valence-electron chi connectivity index (χ2n) is 4.43. The Kier molecular flexibility index (Phi) is 5.15. The van der Waals surface area contributed by atoms with E-state index in [2.05, 4.69) is 29.6 Å². The van der Waals surface area contributed by atoms with Gasteiger partial charge in [0.1, 0.15) is 0 Å². The number of nitrogens with one attached hydrogen (secondary N) is 2. The molecule has 0 radical (unpaired) electrons. The van der Waals surface area contributed by atoms with Crippen molar-refractivity contribution in [3.63, 3.8) is 0 Å². The Morgan fingerprint density at radius 2 is 2.24 bits per heavy atom.